The first-order chi connectivity index (χ1) is 9.13. The van der Waals surface area contributed by atoms with Crippen LogP contribution in [0.25, 0.3) is 0 Å². The van der Waals surface area contributed by atoms with Gasteiger partial charge in [-0.2, -0.15) is 0 Å². The van der Waals surface area contributed by atoms with Crippen molar-refractivity contribution in [3.05, 3.63) is 0 Å². The Morgan fingerprint density at radius 3 is 2.68 bits per heavy atom. The molecule has 2 amide bonds. The van der Waals surface area contributed by atoms with Crippen LogP contribution in [0.4, 0.5) is 0 Å². The third kappa shape index (κ3) is 6.54. The maximum absolute atomic E-state index is 11.8. The molecule has 0 aromatic heterocycles. The third-order valence-electron chi connectivity index (χ3n) is 3.14. The van der Waals surface area contributed by atoms with Gasteiger partial charge in [-0.1, -0.05) is 0 Å². The van der Waals surface area contributed by atoms with Gasteiger partial charge < -0.3 is 20.3 Å². The molecule has 0 saturated carbocycles. The van der Waals surface area contributed by atoms with Crippen molar-refractivity contribution in [2.45, 2.75) is 32.3 Å². The lowest BCUT2D eigenvalue weighted by Gasteiger charge is -2.23. The van der Waals surface area contributed by atoms with Crippen LogP contribution in [0.5, 0.6) is 0 Å². The van der Waals surface area contributed by atoms with Crippen molar-refractivity contribution in [2.75, 3.05) is 39.8 Å². The van der Waals surface area contributed by atoms with E-state index in [-0.39, 0.29) is 24.5 Å². The van der Waals surface area contributed by atoms with E-state index in [1.54, 1.807) is 7.05 Å². The summed E-state index contributed by atoms with van der Waals surface area (Å²) in [6.07, 6.45) is 2.61. The SMILES string of the molecule is CCNC(=O)CN(C)C(=O)CCOC1CCNCC1. The second-order valence-electron chi connectivity index (χ2n) is 4.77. The van der Waals surface area contributed by atoms with Crippen molar-refractivity contribution in [3.63, 3.8) is 0 Å². The normalized spacial score (nSPS) is 16.1. The van der Waals surface area contributed by atoms with Gasteiger partial charge in [-0.05, 0) is 32.9 Å². The molecule has 0 radical (unpaired) electrons. The van der Waals surface area contributed by atoms with E-state index in [0.29, 0.717) is 19.6 Å². The standard InChI is InChI=1S/C13H25N3O3/c1-3-15-12(17)10-16(2)13(18)6-9-19-11-4-7-14-8-5-11/h11,14H,3-10H2,1-2H3,(H,15,17). The van der Waals surface area contributed by atoms with Crippen molar-refractivity contribution in [3.8, 4) is 0 Å². The number of rotatable bonds is 7. The van der Waals surface area contributed by atoms with E-state index in [9.17, 15) is 9.59 Å². The molecule has 19 heavy (non-hydrogen) atoms. The lowest BCUT2D eigenvalue weighted by molar-refractivity contribution is -0.136. The second-order valence-corrected chi connectivity index (χ2v) is 4.77. The number of nitrogens with one attached hydrogen (secondary N) is 2. The minimum absolute atomic E-state index is 0.0554. The van der Waals surface area contributed by atoms with Crippen molar-refractivity contribution in [1.82, 2.24) is 15.5 Å². The smallest absolute Gasteiger partial charge is 0.239 e. The molecule has 1 rings (SSSR count). The molecule has 0 bridgehead atoms. The van der Waals surface area contributed by atoms with Gasteiger partial charge in [-0.25, -0.2) is 0 Å². The summed E-state index contributed by atoms with van der Waals surface area (Å²) in [6, 6.07) is 0. The summed E-state index contributed by atoms with van der Waals surface area (Å²) in [6.45, 7) is 4.95. The molecule has 110 valence electrons. The van der Waals surface area contributed by atoms with Gasteiger partial charge in [0.15, 0.2) is 0 Å². The maximum atomic E-state index is 11.8. The molecule has 1 heterocycles. The van der Waals surface area contributed by atoms with Crippen LogP contribution >= 0.6 is 0 Å². The van der Waals surface area contributed by atoms with Gasteiger partial charge in [0.25, 0.3) is 0 Å². The number of likely N-dealkylation sites (N-methyl/N-ethyl adjacent to an activating group) is 2. The highest BCUT2D eigenvalue weighted by Crippen LogP contribution is 2.07. The largest absolute Gasteiger partial charge is 0.378 e. The summed E-state index contributed by atoms with van der Waals surface area (Å²) >= 11 is 0. The van der Waals surface area contributed by atoms with E-state index in [1.807, 2.05) is 6.92 Å². The Bertz CT molecular complexity index is 291. The summed E-state index contributed by atoms with van der Waals surface area (Å²) in [5.74, 6) is -0.183. The monoisotopic (exact) mass is 271 g/mol. The highest BCUT2D eigenvalue weighted by Gasteiger charge is 2.15. The molecule has 0 atom stereocenters. The zero-order valence-electron chi connectivity index (χ0n) is 11.9. The van der Waals surface area contributed by atoms with Crippen LogP contribution in [0.2, 0.25) is 0 Å². The Morgan fingerprint density at radius 2 is 2.05 bits per heavy atom. The molecule has 1 saturated heterocycles. The van der Waals surface area contributed by atoms with Gasteiger partial charge in [0.05, 0.1) is 25.7 Å². The number of piperidine rings is 1. The van der Waals surface area contributed by atoms with Crippen LogP contribution in [0.15, 0.2) is 0 Å². The van der Waals surface area contributed by atoms with Crippen LogP contribution in [-0.4, -0.2) is 62.7 Å². The molecule has 0 unspecified atom stereocenters. The topological polar surface area (TPSA) is 70.7 Å². The highest BCUT2D eigenvalue weighted by atomic mass is 16.5. The fourth-order valence-electron chi connectivity index (χ4n) is 2.02. The molecule has 0 aromatic rings. The lowest BCUT2D eigenvalue weighted by atomic mass is 10.1. The Balaban J connectivity index is 2.13. The number of carbonyl (C=O) groups is 2. The summed E-state index contributed by atoms with van der Waals surface area (Å²) < 4.78 is 5.67. The van der Waals surface area contributed by atoms with E-state index < -0.39 is 0 Å². The first-order valence-corrected chi connectivity index (χ1v) is 6.96. The van der Waals surface area contributed by atoms with E-state index in [2.05, 4.69) is 10.6 Å². The molecular weight excluding hydrogens is 246 g/mol. The van der Waals surface area contributed by atoms with Crippen LogP contribution in [-0.2, 0) is 14.3 Å². The maximum Gasteiger partial charge on any atom is 0.239 e. The number of ether oxygens (including phenoxy) is 1. The fourth-order valence-corrected chi connectivity index (χ4v) is 2.02. The molecule has 0 aromatic carbocycles. The molecule has 0 spiro atoms. The van der Waals surface area contributed by atoms with E-state index in [4.69, 9.17) is 4.74 Å². The average molecular weight is 271 g/mol. The van der Waals surface area contributed by atoms with Crippen LogP contribution in [0, 0.1) is 0 Å². The lowest BCUT2D eigenvalue weighted by Crippen LogP contribution is -2.39. The third-order valence-corrected chi connectivity index (χ3v) is 3.14. The molecule has 1 aliphatic heterocycles. The predicted molar refractivity (Wildman–Crippen MR) is 72.8 cm³/mol. The Labute approximate surface area is 114 Å². The van der Waals surface area contributed by atoms with Gasteiger partial charge in [0, 0.05) is 13.6 Å². The first kappa shape index (κ1) is 15.9. The van der Waals surface area contributed by atoms with E-state index in [0.717, 1.165) is 25.9 Å². The molecule has 6 heteroatoms. The van der Waals surface area contributed by atoms with Crippen LogP contribution < -0.4 is 10.6 Å². The van der Waals surface area contributed by atoms with Gasteiger partial charge >= 0.3 is 0 Å². The zero-order valence-corrected chi connectivity index (χ0v) is 11.9. The van der Waals surface area contributed by atoms with Crippen LogP contribution in [0.3, 0.4) is 0 Å². The molecule has 1 aliphatic rings. The van der Waals surface area contributed by atoms with Crippen LogP contribution in [0.1, 0.15) is 26.2 Å². The summed E-state index contributed by atoms with van der Waals surface area (Å²) in [5.41, 5.74) is 0. The minimum atomic E-state index is -0.127. The molecule has 6 nitrogen and oxygen atoms in total. The predicted octanol–water partition coefficient (Wildman–Crippen LogP) is -0.260. The van der Waals surface area contributed by atoms with E-state index >= 15 is 0 Å². The first-order valence-electron chi connectivity index (χ1n) is 6.96. The quantitative estimate of drug-likeness (QED) is 0.669. The Kier molecular flexibility index (Phi) is 7.43. The second kappa shape index (κ2) is 8.87. The van der Waals surface area contributed by atoms with Gasteiger partial charge in [-0.15, -0.1) is 0 Å². The number of nitrogens with zero attached hydrogens (tertiary/aromatic N) is 1. The summed E-state index contributed by atoms with van der Waals surface area (Å²) in [5, 5.41) is 5.93. The van der Waals surface area contributed by atoms with Gasteiger partial charge in [0.2, 0.25) is 11.8 Å². The van der Waals surface area contributed by atoms with Gasteiger partial charge in [-0.3, -0.25) is 9.59 Å². The number of amides is 2. The molecular formula is C13H25N3O3. The Morgan fingerprint density at radius 1 is 1.37 bits per heavy atom. The summed E-state index contributed by atoms with van der Waals surface area (Å²) in [7, 11) is 1.64. The van der Waals surface area contributed by atoms with Gasteiger partial charge in [0.1, 0.15) is 0 Å². The number of hydrogen-bond donors (Lipinski definition) is 2. The molecule has 2 N–H and O–H groups in total. The zero-order chi connectivity index (χ0) is 14.1. The average Bonchev–Trinajstić information content (AvgIpc) is 2.40. The van der Waals surface area contributed by atoms with Crippen molar-refractivity contribution < 1.29 is 14.3 Å². The minimum Gasteiger partial charge on any atom is -0.378 e. The van der Waals surface area contributed by atoms with E-state index in [1.165, 1.54) is 4.90 Å². The number of carbonyl (C=O) groups excluding carboxylic acids is 2. The number of hydrogen-bond acceptors (Lipinski definition) is 4. The molecule has 0 aliphatic carbocycles. The molecule has 1 fully saturated rings. The van der Waals surface area contributed by atoms with Crippen molar-refractivity contribution in [2.24, 2.45) is 0 Å². The van der Waals surface area contributed by atoms with Crippen molar-refractivity contribution in [1.29, 1.82) is 0 Å². The fraction of sp³-hybridized carbons (Fsp3) is 0.846. The summed E-state index contributed by atoms with van der Waals surface area (Å²) in [4.78, 5) is 24.6. The van der Waals surface area contributed by atoms with Crippen molar-refractivity contribution >= 4 is 11.8 Å². The highest BCUT2D eigenvalue weighted by molar-refractivity contribution is 5.84. The Hall–Kier alpha value is -1.14.